The van der Waals surface area contributed by atoms with Crippen LogP contribution in [0.4, 0.5) is 0 Å². The van der Waals surface area contributed by atoms with E-state index in [1.807, 2.05) is 0 Å². The average molecular weight is 258 g/mol. The first-order chi connectivity index (χ1) is 8.21. The Kier molecular flexibility index (Phi) is 6.34. The molecule has 0 aliphatic carbocycles. The summed E-state index contributed by atoms with van der Waals surface area (Å²) < 4.78 is 5.66. The molecule has 0 saturated heterocycles. The molecule has 0 aliphatic heterocycles. The summed E-state index contributed by atoms with van der Waals surface area (Å²) in [5, 5.41) is 9.81. The highest BCUT2D eigenvalue weighted by Crippen LogP contribution is 2.22. The van der Waals surface area contributed by atoms with Gasteiger partial charge in [-0.1, -0.05) is 25.4 Å². The van der Waals surface area contributed by atoms with Crippen LogP contribution >= 0.6 is 11.6 Å². The van der Waals surface area contributed by atoms with Crippen molar-refractivity contribution in [3.8, 4) is 5.75 Å². The second-order valence-corrected chi connectivity index (χ2v) is 4.22. The monoisotopic (exact) mass is 257 g/mol. The summed E-state index contributed by atoms with van der Waals surface area (Å²) in [7, 11) is 0. The number of aliphatic hydroxyl groups is 1. The number of ether oxygens (including phenoxy) is 1. The third-order valence-corrected chi connectivity index (χ3v) is 2.99. The number of hydrogen-bond acceptors (Lipinski definition) is 3. The van der Waals surface area contributed by atoms with E-state index < -0.39 is 0 Å². The van der Waals surface area contributed by atoms with Crippen LogP contribution in [0.5, 0.6) is 5.75 Å². The normalized spacial score (nSPS) is 10.9. The van der Waals surface area contributed by atoms with Gasteiger partial charge in [-0.2, -0.15) is 0 Å². The Bertz CT molecular complexity index is 340. The fourth-order valence-electron chi connectivity index (χ4n) is 1.64. The molecule has 0 saturated carbocycles. The van der Waals surface area contributed by atoms with Crippen molar-refractivity contribution in [1.82, 2.24) is 4.90 Å². The van der Waals surface area contributed by atoms with Crippen LogP contribution in [0.25, 0.3) is 0 Å². The van der Waals surface area contributed by atoms with Crippen molar-refractivity contribution in [2.45, 2.75) is 20.5 Å². The van der Waals surface area contributed by atoms with E-state index in [-0.39, 0.29) is 6.61 Å². The minimum atomic E-state index is -0.0544. The van der Waals surface area contributed by atoms with Crippen molar-refractivity contribution in [1.29, 1.82) is 0 Å². The van der Waals surface area contributed by atoms with Crippen molar-refractivity contribution in [3.05, 3.63) is 28.8 Å². The van der Waals surface area contributed by atoms with Gasteiger partial charge in [-0.05, 0) is 31.3 Å². The van der Waals surface area contributed by atoms with Crippen molar-refractivity contribution in [2.75, 3.05) is 26.2 Å². The standard InChI is InChI=1S/C13H20ClNO2/c1-3-15(4-2)7-8-17-13-6-5-12(14)9-11(13)10-16/h5-6,9,16H,3-4,7-8,10H2,1-2H3. The summed E-state index contributed by atoms with van der Waals surface area (Å²) in [5.74, 6) is 0.712. The Balaban J connectivity index is 2.51. The molecule has 0 fully saturated rings. The third-order valence-electron chi connectivity index (χ3n) is 2.75. The number of halogens is 1. The molecule has 1 aromatic rings. The van der Waals surface area contributed by atoms with Crippen LogP contribution in [0.2, 0.25) is 5.02 Å². The minimum absolute atomic E-state index is 0.0544. The molecule has 0 amide bonds. The van der Waals surface area contributed by atoms with Crippen LogP contribution in [0, 0.1) is 0 Å². The first-order valence-corrected chi connectivity index (χ1v) is 6.33. The predicted molar refractivity (Wildman–Crippen MR) is 70.7 cm³/mol. The van der Waals surface area contributed by atoms with Crippen molar-refractivity contribution >= 4 is 11.6 Å². The molecule has 0 atom stereocenters. The SMILES string of the molecule is CCN(CC)CCOc1ccc(Cl)cc1CO. The van der Waals surface area contributed by atoms with Crippen molar-refractivity contribution in [2.24, 2.45) is 0 Å². The van der Waals surface area contributed by atoms with Gasteiger partial charge in [-0.15, -0.1) is 0 Å². The first-order valence-electron chi connectivity index (χ1n) is 5.95. The van der Waals surface area contributed by atoms with E-state index in [4.69, 9.17) is 16.3 Å². The molecule has 4 heteroatoms. The van der Waals surface area contributed by atoms with E-state index in [9.17, 15) is 5.11 Å². The zero-order valence-electron chi connectivity index (χ0n) is 10.4. The number of rotatable bonds is 7. The van der Waals surface area contributed by atoms with Gasteiger partial charge in [0.1, 0.15) is 12.4 Å². The number of likely N-dealkylation sites (N-methyl/N-ethyl adjacent to an activating group) is 1. The molecule has 1 N–H and O–H groups in total. The topological polar surface area (TPSA) is 32.7 Å². The fraction of sp³-hybridized carbons (Fsp3) is 0.538. The van der Waals surface area contributed by atoms with Gasteiger partial charge >= 0.3 is 0 Å². The summed E-state index contributed by atoms with van der Waals surface area (Å²) in [5.41, 5.74) is 0.733. The number of hydrogen-bond donors (Lipinski definition) is 1. The zero-order valence-corrected chi connectivity index (χ0v) is 11.2. The lowest BCUT2D eigenvalue weighted by Crippen LogP contribution is -2.28. The molecule has 0 aromatic heterocycles. The van der Waals surface area contributed by atoms with Crippen LogP contribution in [-0.2, 0) is 6.61 Å². The van der Waals surface area contributed by atoms with Gasteiger partial charge < -0.3 is 14.7 Å². The van der Waals surface area contributed by atoms with E-state index in [0.29, 0.717) is 17.4 Å². The summed E-state index contributed by atoms with van der Waals surface area (Å²) in [6, 6.07) is 5.30. The molecule has 0 spiro atoms. The van der Waals surface area contributed by atoms with E-state index >= 15 is 0 Å². The lowest BCUT2D eigenvalue weighted by Gasteiger charge is -2.18. The Morgan fingerprint density at radius 1 is 1.29 bits per heavy atom. The van der Waals surface area contributed by atoms with Crippen LogP contribution in [-0.4, -0.2) is 36.2 Å². The van der Waals surface area contributed by atoms with Crippen LogP contribution in [0.3, 0.4) is 0 Å². The minimum Gasteiger partial charge on any atom is -0.492 e. The van der Waals surface area contributed by atoms with Crippen LogP contribution in [0.1, 0.15) is 19.4 Å². The largest absolute Gasteiger partial charge is 0.492 e. The molecule has 1 aromatic carbocycles. The average Bonchev–Trinajstić information content (AvgIpc) is 2.36. The highest BCUT2D eigenvalue weighted by atomic mass is 35.5. The van der Waals surface area contributed by atoms with Gasteiger partial charge in [0.15, 0.2) is 0 Å². The smallest absolute Gasteiger partial charge is 0.124 e. The van der Waals surface area contributed by atoms with Gasteiger partial charge in [0.2, 0.25) is 0 Å². The lowest BCUT2D eigenvalue weighted by atomic mass is 10.2. The maximum absolute atomic E-state index is 9.19. The van der Waals surface area contributed by atoms with E-state index in [0.717, 1.165) is 25.2 Å². The molecule has 3 nitrogen and oxygen atoms in total. The van der Waals surface area contributed by atoms with Crippen LogP contribution in [0.15, 0.2) is 18.2 Å². The lowest BCUT2D eigenvalue weighted by molar-refractivity contribution is 0.215. The molecule has 0 radical (unpaired) electrons. The highest BCUT2D eigenvalue weighted by Gasteiger charge is 2.05. The van der Waals surface area contributed by atoms with E-state index in [2.05, 4.69) is 18.7 Å². The first kappa shape index (κ1) is 14.3. The number of aliphatic hydroxyl groups excluding tert-OH is 1. The Morgan fingerprint density at radius 3 is 2.59 bits per heavy atom. The fourth-order valence-corrected chi connectivity index (χ4v) is 1.83. The quantitative estimate of drug-likeness (QED) is 0.815. The van der Waals surface area contributed by atoms with Crippen molar-refractivity contribution < 1.29 is 9.84 Å². The Morgan fingerprint density at radius 2 is 2.00 bits per heavy atom. The molecular formula is C13H20ClNO2. The summed E-state index contributed by atoms with van der Waals surface area (Å²) in [4.78, 5) is 2.29. The van der Waals surface area contributed by atoms with Crippen LogP contribution < -0.4 is 4.74 Å². The molecule has 0 bridgehead atoms. The molecule has 0 aliphatic rings. The van der Waals surface area contributed by atoms with Gasteiger partial charge in [-0.25, -0.2) is 0 Å². The van der Waals surface area contributed by atoms with Crippen molar-refractivity contribution in [3.63, 3.8) is 0 Å². The molecule has 17 heavy (non-hydrogen) atoms. The summed E-state index contributed by atoms with van der Waals surface area (Å²) >= 11 is 5.85. The number of nitrogens with zero attached hydrogens (tertiary/aromatic N) is 1. The molecule has 1 rings (SSSR count). The van der Waals surface area contributed by atoms with Gasteiger partial charge in [-0.3, -0.25) is 0 Å². The second kappa shape index (κ2) is 7.54. The predicted octanol–water partition coefficient (Wildman–Crippen LogP) is 2.55. The molecule has 0 unspecified atom stereocenters. The van der Waals surface area contributed by atoms with Gasteiger partial charge in [0.25, 0.3) is 0 Å². The Labute approximate surface area is 108 Å². The van der Waals surface area contributed by atoms with Gasteiger partial charge in [0, 0.05) is 17.1 Å². The third kappa shape index (κ3) is 4.54. The maximum Gasteiger partial charge on any atom is 0.124 e. The van der Waals surface area contributed by atoms with E-state index in [1.54, 1.807) is 18.2 Å². The molecule has 0 heterocycles. The van der Waals surface area contributed by atoms with E-state index in [1.165, 1.54) is 0 Å². The van der Waals surface area contributed by atoms with Gasteiger partial charge in [0.05, 0.1) is 6.61 Å². The second-order valence-electron chi connectivity index (χ2n) is 3.79. The maximum atomic E-state index is 9.19. The summed E-state index contributed by atoms with van der Waals surface area (Å²) in [6.45, 7) is 7.76. The Hall–Kier alpha value is -0.770. The summed E-state index contributed by atoms with van der Waals surface area (Å²) in [6.07, 6.45) is 0. The highest BCUT2D eigenvalue weighted by molar-refractivity contribution is 6.30. The molecular weight excluding hydrogens is 238 g/mol. The molecule has 96 valence electrons. The zero-order chi connectivity index (χ0) is 12.7. The number of benzene rings is 1.